The summed E-state index contributed by atoms with van der Waals surface area (Å²) >= 11 is 0. The van der Waals surface area contributed by atoms with Gasteiger partial charge in [-0.15, -0.1) is 0 Å². The van der Waals surface area contributed by atoms with Gasteiger partial charge in [0.2, 0.25) is 0 Å². The molecule has 0 aliphatic heterocycles. The lowest BCUT2D eigenvalue weighted by atomic mass is 10.1. The predicted molar refractivity (Wildman–Crippen MR) is 64.4 cm³/mol. The van der Waals surface area contributed by atoms with Gasteiger partial charge >= 0.3 is 0 Å². The zero-order valence-corrected chi connectivity index (χ0v) is 9.98. The fraction of sp³-hybridized carbons (Fsp3) is 0.167. The van der Waals surface area contributed by atoms with Crippen molar-refractivity contribution in [3.8, 4) is 0 Å². The van der Waals surface area contributed by atoms with Gasteiger partial charge in [0, 0.05) is 11.3 Å². The van der Waals surface area contributed by atoms with Crippen LogP contribution in [-0.2, 0) is 0 Å². The first kappa shape index (κ1) is 13.0. The Kier molecular flexibility index (Phi) is 3.46. The zero-order chi connectivity index (χ0) is 14.0. The maximum absolute atomic E-state index is 12.6. The van der Waals surface area contributed by atoms with Gasteiger partial charge in [0.1, 0.15) is 6.26 Å². The highest BCUT2D eigenvalue weighted by molar-refractivity contribution is 5.90. The molecule has 1 amide bonds. The topological polar surface area (TPSA) is 81.1 Å². The number of rotatable bonds is 4. The summed E-state index contributed by atoms with van der Waals surface area (Å²) in [6, 6.07) is 4.22. The number of carbonyl (C=O) groups excluding carboxylic acids is 1. The second-order valence-corrected chi connectivity index (χ2v) is 3.90. The van der Waals surface area contributed by atoms with Crippen LogP contribution in [0.2, 0.25) is 0 Å². The van der Waals surface area contributed by atoms with Crippen molar-refractivity contribution in [2.75, 3.05) is 5.32 Å². The number of alkyl halides is 2. The van der Waals surface area contributed by atoms with Crippen molar-refractivity contribution < 1.29 is 18.0 Å². The molecule has 100 valence electrons. The summed E-state index contributed by atoms with van der Waals surface area (Å²) in [5.74, 6) is -0.727. The van der Waals surface area contributed by atoms with Crippen LogP contribution in [-0.4, -0.2) is 10.9 Å². The molecular formula is C12H11F2N3O2. The van der Waals surface area contributed by atoms with E-state index in [-0.39, 0.29) is 17.3 Å². The van der Waals surface area contributed by atoms with Gasteiger partial charge in [0.15, 0.2) is 5.69 Å². The minimum atomic E-state index is -2.56. The van der Waals surface area contributed by atoms with E-state index in [1.165, 1.54) is 12.1 Å². The molecule has 0 radical (unpaired) electrons. The van der Waals surface area contributed by atoms with E-state index in [0.717, 1.165) is 11.8 Å². The summed E-state index contributed by atoms with van der Waals surface area (Å²) in [5.41, 5.74) is 6.04. The largest absolute Gasteiger partial charge is 0.431 e. The molecule has 1 heterocycles. The van der Waals surface area contributed by atoms with Crippen molar-refractivity contribution in [3.63, 3.8) is 0 Å². The minimum Gasteiger partial charge on any atom is -0.431 e. The quantitative estimate of drug-likeness (QED) is 0.892. The van der Waals surface area contributed by atoms with Gasteiger partial charge in [-0.2, -0.15) is 4.98 Å². The number of carbonyl (C=O) groups is 1. The van der Waals surface area contributed by atoms with E-state index in [9.17, 15) is 13.6 Å². The lowest BCUT2D eigenvalue weighted by Crippen LogP contribution is -2.11. The Bertz CT molecular complexity index is 611. The Morgan fingerprint density at radius 1 is 1.47 bits per heavy atom. The molecular weight excluding hydrogens is 256 g/mol. The van der Waals surface area contributed by atoms with Crippen LogP contribution in [0.3, 0.4) is 0 Å². The van der Waals surface area contributed by atoms with Gasteiger partial charge in [0.25, 0.3) is 18.3 Å². The molecule has 0 bridgehead atoms. The van der Waals surface area contributed by atoms with Crippen molar-refractivity contribution >= 4 is 17.6 Å². The molecule has 0 saturated heterocycles. The van der Waals surface area contributed by atoms with Crippen LogP contribution in [0.4, 0.5) is 20.5 Å². The van der Waals surface area contributed by atoms with E-state index in [1.807, 2.05) is 0 Å². The second-order valence-electron chi connectivity index (χ2n) is 3.90. The number of halogens is 2. The predicted octanol–water partition coefficient (Wildman–Crippen LogP) is 2.76. The Labute approximate surface area is 107 Å². The number of anilines is 2. The maximum Gasteiger partial charge on any atom is 0.299 e. The van der Waals surface area contributed by atoms with Crippen LogP contribution in [0.15, 0.2) is 28.9 Å². The van der Waals surface area contributed by atoms with Crippen LogP contribution in [0.25, 0.3) is 0 Å². The highest BCUT2D eigenvalue weighted by Gasteiger charge is 2.12. The molecule has 5 nitrogen and oxygen atoms in total. The van der Waals surface area contributed by atoms with Crippen LogP contribution < -0.4 is 11.1 Å². The zero-order valence-electron chi connectivity index (χ0n) is 9.98. The molecule has 0 aliphatic carbocycles. The molecule has 0 spiro atoms. The molecule has 0 aliphatic rings. The molecule has 3 N–H and O–H groups in total. The van der Waals surface area contributed by atoms with Crippen LogP contribution in [0, 0.1) is 6.92 Å². The number of primary amides is 1. The highest BCUT2D eigenvalue weighted by atomic mass is 19.3. The number of nitrogens with two attached hydrogens (primary N) is 1. The summed E-state index contributed by atoms with van der Waals surface area (Å²) < 4.78 is 30.2. The molecule has 0 atom stereocenters. The third-order valence-electron chi connectivity index (χ3n) is 2.51. The Morgan fingerprint density at radius 2 is 2.21 bits per heavy atom. The number of hydrogen-bond donors (Lipinski definition) is 2. The molecule has 0 saturated carbocycles. The van der Waals surface area contributed by atoms with E-state index in [0.29, 0.717) is 5.69 Å². The number of amides is 1. The smallest absolute Gasteiger partial charge is 0.299 e. The Morgan fingerprint density at radius 3 is 2.79 bits per heavy atom. The van der Waals surface area contributed by atoms with E-state index in [4.69, 9.17) is 10.2 Å². The average Bonchev–Trinajstić information content (AvgIpc) is 2.80. The van der Waals surface area contributed by atoms with Gasteiger partial charge in [-0.25, -0.2) is 8.78 Å². The van der Waals surface area contributed by atoms with Crippen molar-refractivity contribution in [1.29, 1.82) is 0 Å². The molecule has 0 fully saturated rings. The monoisotopic (exact) mass is 267 g/mol. The SMILES string of the molecule is Cc1ccc(C(F)F)cc1Nc1nc(C(N)=O)co1. The molecule has 2 rings (SSSR count). The van der Waals surface area contributed by atoms with E-state index in [2.05, 4.69) is 10.3 Å². The standard InChI is InChI=1S/C12H11F2N3O2/c1-6-2-3-7(10(13)14)4-8(6)16-12-17-9(5-19-12)11(15)18/h2-5,10H,1H3,(H2,15,18)(H,16,17). The number of oxazole rings is 1. The van der Waals surface area contributed by atoms with Crippen LogP contribution in [0.1, 0.15) is 28.0 Å². The summed E-state index contributed by atoms with van der Waals surface area (Å²) in [7, 11) is 0. The average molecular weight is 267 g/mol. The number of hydrogen-bond acceptors (Lipinski definition) is 4. The van der Waals surface area contributed by atoms with Gasteiger partial charge < -0.3 is 15.5 Å². The van der Waals surface area contributed by atoms with E-state index in [1.54, 1.807) is 13.0 Å². The summed E-state index contributed by atoms with van der Waals surface area (Å²) in [4.78, 5) is 14.6. The van der Waals surface area contributed by atoms with E-state index < -0.39 is 12.3 Å². The first-order valence-electron chi connectivity index (χ1n) is 5.38. The van der Waals surface area contributed by atoms with Gasteiger partial charge in [0.05, 0.1) is 0 Å². The fourth-order valence-electron chi connectivity index (χ4n) is 1.47. The summed E-state index contributed by atoms with van der Waals surface area (Å²) in [6.45, 7) is 1.75. The third-order valence-corrected chi connectivity index (χ3v) is 2.51. The number of nitrogens with one attached hydrogen (secondary N) is 1. The Hall–Kier alpha value is -2.44. The molecule has 1 aromatic heterocycles. The molecule has 19 heavy (non-hydrogen) atoms. The molecule has 0 unspecified atom stereocenters. The number of aryl methyl sites for hydroxylation is 1. The summed E-state index contributed by atoms with van der Waals surface area (Å²) in [5, 5.41) is 2.72. The minimum absolute atomic E-state index is 0.0170. The normalized spacial score (nSPS) is 10.7. The Balaban J connectivity index is 2.26. The van der Waals surface area contributed by atoms with Crippen molar-refractivity contribution in [1.82, 2.24) is 4.98 Å². The lowest BCUT2D eigenvalue weighted by molar-refractivity contribution is 0.0995. The van der Waals surface area contributed by atoms with Crippen molar-refractivity contribution in [2.24, 2.45) is 5.73 Å². The highest BCUT2D eigenvalue weighted by Crippen LogP contribution is 2.26. The first-order valence-corrected chi connectivity index (χ1v) is 5.38. The molecule has 1 aromatic carbocycles. The van der Waals surface area contributed by atoms with Crippen LogP contribution in [0.5, 0.6) is 0 Å². The van der Waals surface area contributed by atoms with Crippen molar-refractivity contribution in [2.45, 2.75) is 13.3 Å². The van der Waals surface area contributed by atoms with E-state index >= 15 is 0 Å². The summed E-state index contributed by atoms with van der Waals surface area (Å²) in [6.07, 6.45) is -1.47. The van der Waals surface area contributed by atoms with Gasteiger partial charge in [-0.3, -0.25) is 4.79 Å². The first-order chi connectivity index (χ1) is 8.97. The molecule has 2 aromatic rings. The van der Waals surface area contributed by atoms with Gasteiger partial charge in [-0.05, 0) is 18.6 Å². The second kappa shape index (κ2) is 5.05. The number of nitrogens with zero attached hydrogens (tertiary/aromatic N) is 1. The van der Waals surface area contributed by atoms with Gasteiger partial charge in [-0.1, -0.05) is 12.1 Å². The fourth-order valence-corrected chi connectivity index (χ4v) is 1.47. The maximum atomic E-state index is 12.6. The third kappa shape index (κ3) is 2.87. The van der Waals surface area contributed by atoms with Crippen molar-refractivity contribution in [3.05, 3.63) is 41.3 Å². The number of benzene rings is 1. The molecule has 7 heteroatoms. The lowest BCUT2D eigenvalue weighted by Gasteiger charge is -2.08. The number of aromatic nitrogens is 1. The van der Waals surface area contributed by atoms with Crippen LogP contribution >= 0.6 is 0 Å².